The summed E-state index contributed by atoms with van der Waals surface area (Å²) in [5.41, 5.74) is 0. The van der Waals surface area contributed by atoms with Gasteiger partial charge in [-0.25, -0.2) is 0 Å². The molecule has 0 nitrogen and oxygen atoms in total. The molecule has 0 N–H and O–H groups in total. The zero-order chi connectivity index (χ0) is 2.71. The van der Waals surface area contributed by atoms with Crippen molar-refractivity contribution < 1.29 is 46.6 Å². The molecule has 0 aliphatic heterocycles. The Hall–Kier alpha value is 3.21. The quantitative estimate of drug-likeness (QED) is 0.538. The van der Waals surface area contributed by atoms with Gasteiger partial charge in [0, 0.05) is 37.1 Å². The van der Waals surface area contributed by atoms with Crippen molar-refractivity contribution in [3.05, 3.63) is 0 Å². The Bertz CT molecular complexity index is 4.85. The van der Waals surface area contributed by atoms with Crippen LogP contribution in [0.25, 0.3) is 0 Å². The van der Waals surface area contributed by atoms with Crippen LogP contribution in [0.4, 0.5) is 0 Å². The minimum Gasteiger partial charge on any atom is 0 e. The van der Waals surface area contributed by atoms with Crippen LogP contribution in [-0.2, 0) is 46.6 Å². The number of hydrogen-bond donors (Lipinski definition) is 0. The van der Waals surface area contributed by atoms with E-state index in [2.05, 4.69) is 40.0 Å². The first-order chi connectivity index (χ1) is 1.41. The Morgan fingerprint density at radius 1 is 1.00 bits per heavy atom. The number of halogens is 2. The van der Waals surface area contributed by atoms with Gasteiger partial charge in [-0.05, 0) is 0 Å². The van der Waals surface area contributed by atoms with Gasteiger partial charge in [-0.15, -0.1) is 0 Å². The molecule has 0 aromatic rings. The summed E-state index contributed by atoms with van der Waals surface area (Å²) in [5.74, 6) is 0. The van der Waals surface area contributed by atoms with Gasteiger partial charge in [-0.1, -0.05) is 0 Å². The van der Waals surface area contributed by atoms with Gasteiger partial charge in [0.15, 0.2) is 0 Å². The van der Waals surface area contributed by atoms with Gasteiger partial charge in [0.05, 0.1) is 0 Å². The normalized spacial score (nSPS) is 2.80. The minimum absolute atomic E-state index is 0. The van der Waals surface area contributed by atoms with E-state index in [4.69, 9.17) is 0 Å². The van der Waals surface area contributed by atoms with Crippen molar-refractivity contribution in [2.75, 3.05) is 0 Å². The molecule has 0 aromatic heterocycles. The second-order valence-electron chi connectivity index (χ2n) is 0.0639. The molecule has 0 bridgehead atoms. The predicted octanol–water partition coefficient (Wildman–Crippen LogP) is 1.76. The van der Waals surface area contributed by atoms with E-state index in [0.717, 1.165) is 0 Å². The average Bonchev–Trinajstić information content (AvgIpc) is 0.918. The second kappa shape index (κ2) is 15.7. The summed E-state index contributed by atoms with van der Waals surface area (Å²) in [6.45, 7) is 0. The molecule has 0 rings (SSSR count). The molecule has 0 aliphatic rings. The standard InChI is InChI=1S/2HI.3V/h2*1H;;;/q;;;;+2/p-2. The Balaban J connectivity index is -0.0000000200. The third kappa shape index (κ3) is 19.0. The molecule has 0 saturated heterocycles. The monoisotopic (exact) mass is 407 g/mol. The van der Waals surface area contributed by atoms with Gasteiger partial charge in [0.25, 0.3) is 0 Å². The third-order valence-corrected chi connectivity index (χ3v) is 0. The first-order valence-electron chi connectivity index (χ1n) is 0.338. The molecule has 0 fully saturated rings. The number of rotatable bonds is 0. The minimum atomic E-state index is 0. The first kappa shape index (κ1) is 15.7. The fourth-order valence-corrected chi connectivity index (χ4v) is 0. The van der Waals surface area contributed by atoms with Crippen LogP contribution in [-0.4, -0.2) is 0 Å². The molecule has 0 heterocycles. The average molecular weight is 407 g/mol. The summed E-state index contributed by atoms with van der Waals surface area (Å²) in [4.78, 5) is 0. The molecule has 0 amide bonds. The van der Waals surface area contributed by atoms with Crippen molar-refractivity contribution in [1.82, 2.24) is 0 Å². The van der Waals surface area contributed by atoms with Crippen molar-refractivity contribution in [3.8, 4) is 0 Å². The van der Waals surface area contributed by atoms with Crippen LogP contribution >= 0.6 is 40.0 Å². The molecule has 0 spiro atoms. The van der Waals surface area contributed by atoms with Gasteiger partial charge in [0.1, 0.15) is 0 Å². The Morgan fingerprint density at radius 2 is 1.00 bits per heavy atom. The summed E-state index contributed by atoms with van der Waals surface area (Å²) in [5, 5.41) is 0. The molecular weight excluding hydrogens is 407 g/mol. The topological polar surface area (TPSA) is 0 Å². The first-order valence-corrected chi connectivity index (χ1v) is 9.35. The van der Waals surface area contributed by atoms with E-state index >= 15 is 0 Å². The molecule has 5 heavy (non-hydrogen) atoms. The van der Waals surface area contributed by atoms with E-state index in [9.17, 15) is 0 Å². The van der Waals surface area contributed by atoms with Crippen LogP contribution in [0.2, 0.25) is 0 Å². The van der Waals surface area contributed by atoms with Crippen molar-refractivity contribution in [3.63, 3.8) is 0 Å². The summed E-state index contributed by atoms with van der Waals surface area (Å²) in [7, 11) is 0.628. The summed E-state index contributed by atoms with van der Waals surface area (Å²) in [6.07, 6.45) is 0. The van der Waals surface area contributed by atoms with Crippen LogP contribution in [0.1, 0.15) is 0 Å². The van der Waals surface area contributed by atoms with Crippen molar-refractivity contribution in [2.45, 2.75) is 0 Å². The van der Waals surface area contributed by atoms with E-state index in [-0.39, 0.29) is 37.1 Å². The van der Waals surface area contributed by atoms with E-state index < -0.39 is 0 Å². The van der Waals surface area contributed by atoms with Gasteiger partial charge in [0.2, 0.25) is 0 Å². The van der Waals surface area contributed by atoms with E-state index in [1.165, 1.54) is 0 Å². The van der Waals surface area contributed by atoms with Crippen LogP contribution in [0.5, 0.6) is 0 Å². The van der Waals surface area contributed by atoms with Crippen molar-refractivity contribution >= 4 is 40.0 Å². The summed E-state index contributed by atoms with van der Waals surface area (Å²) in [6, 6.07) is 0. The molecule has 0 saturated carbocycles. The molecule has 29 valence electrons. The molecule has 2 radical (unpaired) electrons. The second-order valence-corrected chi connectivity index (χ2v) is 11.9. The van der Waals surface area contributed by atoms with Crippen LogP contribution in [0.3, 0.4) is 0 Å². The zero-order valence-electron chi connectivity index (χ0n) is 2.10. The van der Waals surface area contributed by atoms with Crippen molar-refractivity contribution in [2.24, 2.45) is 0 Å². The van der Waals surface area contributed by atoms with Gasteiger partial charge < -0.3 is 0 Å². The molecule has 0 aliphatic carbocycles. The van der Waals surface area contributed by atoms with Gasteiger partial charge in [-0.2, -0.15) is 0 Å². The summed E-state index contributed by atoms with van der Waals surface area (Å²) >= 11 is 4.74. The Labute approximate surface area is 84.6 Å². The molecular formula is I2V3. The van der Waals surface area contributed by atoms with Gasteiger partial charge >= 0.3 is 49.4 Å². The maximum absolute atomic E-state index is 2.37. The Morgan fingerprint density at radius 3 is 1.00 bits per heavy atom. The SMILES string of the molecule is [I][V][I].[V].[V]. The fraction of sp³-hybridized carbons (Fsp3) is 0. The van der Waals surface area contributed by atoms with E-state index in [1.807, 2.05) is 0 Å². The number of hydrogen-bond acceptors (Lipinski definition) is 0. The largest absolute Gasteiger partial charge is 0 e. The molecule has 0 atom stereocenters. The van der Waals surface area contributed by atoms with Gasteiger partial charge in [-0.3, -0.25) is 0 Å². The Kier molecular flexibility index (Phi) is 49.3. The zero-order valence-corrected chi connectivity index (χ0v) is 10.6. The van der Waals surface area contributed by atoms with E-state index in [1.54, 1.807) is 0 Å². The van der Waals surface area contributed by atoms with Crippen LogP contribution in [0, 0.1) is 0 Å². The fourth-order valence-electron chi connectivity index (χ4n) is 0. The maximum Gasteiger partial charge on any atom is 0 e. The third-order valence-electron chi connectivity index (χ3n) is 0. The van der Waals surface area contributed by atoms with Crippen LogP contribution in [0.15, 0.2) is 0 Å². The smallest absolute Gasteiger partial charge is 0 e. The molecule has 0 aromatic carbocycles. The van der Waals surface area contributed by atoms with Crippen LogP contribution < -0.4 is 0 Å². The maximum atomic E-state index is 2.37. The molecule has 0 unspecified atom stereocenters. The van der Waals surface area contributed by atoms with Crippen molar-refractivity contribution in [1.29, 1.82) is 0 Å². The molecule has 5 heteroatoms. The predicted molar refractivity (Wildman–Crippen MR) is 28.0 cm³/mol. The summed E-state index contributed by atoms with van der Waals surface area (Å²) < 4.78 is 0. The van der Waals surface area contributed by atoms with E-state index in [0.29, 0.717) is 9.47 Å².